The van der Waals surface area contributed by atoms with E-state index in [1.54, 1.807) is 7.11 Å². The largest absolute Gasteiger partial charge is 0.497 e. The van der Waals surface area contributed by atoms with Crippen LogP contribution in [0.3, 0.4) is 0 Å². The summed E-state index contributed by atoms with van der Waals surface area (Å²) >= 11 is 5.94. The van der Waals surface area contributed by atoms with Gasteiger partial charge in [0.15, 0.2) is 0 Å². The number of rotatable bonds is 3. The number of methoxy groups -OCH3 is 1. The molecule has 0 aliphatic heterocycles. The summed E-state index contributed by atoms with van der Waals surface area (Å²) < 4.78 is 5.18. The Hall–Kier alpha value is -0.690. The molecule has 0 amide bonds. The van der Waals surface area contributed by atoms with Gasteiger partial charge in [0, 0.05) is 11.3 Å². The first kappa shape index (κ1) is 8.89. The smallest absolute Gasteiger partial charge is 0.119 e. The summed E-state index contributed by atoms with van der Waals surface area (Å²) in [6.45, 7) is 0. The second kappa shape index (κ2) is 3.22. The number of hydrogen-bond donors (Lipinski definition) is 0. The molecule has 1 aromatic rings. The van der Waals surface area contributed by atoms with E-state index in [4.69, 9.17) is 16.3 Å². The van der Waals surface area contributed by atoms with Crippen molar-refractivity contribution in [3.63, 3.8) is 0 Å². The molecule has 0 heterocycles. The van der Waals surface area contributed by atoms with Crippen LogP contribution >= 0.6 is 11.6 Å². The molecule has 0 aromatic heterocycles. The summed E-state index contributed by atoms with van der Waals surface area (Å²) in [5, 5.41) is 0. The van der Waals surface area contributed by atoms with Crippen LogP contribution in [-0.4, -0.2) is 13.0 Å². The quantitative estimate of drug-likeness (QED) is 0.676. The highest BCUT2D eigenvalue weighted by molar-refractivity contribution is 6.19. The Balaban J connectivity index is 2.30. The van der Waals surface area contributed by atoms with E-state index in [2.05, 4.69) is 12.1 Å². The van der Waals surface area contributed by atoms with Gasteiger partial charge in [-0.05, 0) is 30.5 Å². The van der Waals surface area contributed by atoms with E-state index in [1.165, 1.54) is 18.4 Å². The van der Waals surface area contributed by atoms with Crippen molar-refractivity contribution in [3.05, 3.63) is 29.8 Å². The van der Waals surface area contributed by atoms with Crippen LogP contribution in [0.1, 0.15) is 18.4 Å². The van der Waals surface area contributed by atoms with Crippen LogP contribution < -0.4 is 4.74 Å². The molecule has 0 bridgehead atoms. The molecule has 13 heavy (non-hydrogen) atoms. The Bertz CT molecular complexity index is 305. The van der Waals surface area contributed by atoms with E-state index in [0.717, 1.165) is 11.6 Å². The molecule has 2 rings (SSSR count). The van der Waals surface area contributed by atoms with Gasteiger partial charge in [-0.25, -0.2) is 0 Å². The average Bonchev–Trinajstić information content (AvgIpc) is 2.99. The van der Waals surface area contributed by atoms with Gasteiger partial charge in [0.2, 0.25) is 0 Å². The van der Waals surface area contributed by atoms with Gasteiger partial charge in [0.05, 0.1) is 7.11 Å². The maximum absolute atomic E-state index is 5.94. The Kier molecular flexibility index (Phi) is 2.20. The van der Waals surface area contributed by atoms with Gasteiger partial charge < -0.3 is 4.74 Å². The molecule has 1 saturated carbocycles. The summed E-state index contributed by atoms with van der Waals surface area (Å²) in [7, 11) is 1.69. The van der Waals surface area contributed by atoms with Crippen LogP contribution in [0, 0.1) is 0 Å². The van der Waals surface area contributed by atoms with Crippen LogP contribution in [0.15, 0.2) is 24.3 Å². The lowest BCUT2D eigenvalue weighted by molar-refractivity contribution is 0.414. The molecular formula is C11H13ClO. The van der Waals surface area contributed by atoms with Gasteiger partial charge in [0.1, 0.15) is 5.75 Å². The lowest BCUT2D eigenvalue weighted by Gasteiger charge is -2.12. The number of halogens is 1. The molecule has 0 saturated heterocycles. The van der Waals surface area contributed by atoms with Crippen molar-refractivity contribution in [2.45, 2.75) is 18.3 Å². The van der Waals surface area contributed by atoms with Gasteiger partial charge in [-0.2, -0.15) is 0 Å². The van der Waals surface area contributed by atoms with Gasteiger partial charge in [-0.3, -0.25) is 0 Å². The first-order valence-corrected chi connectivity index (χ1v) is 5.05. The van der Waals surface area contributed by atoms with Crippen LogP contribution in [-0.2, 0) is 5.41 Å². The maximum Gasteiger partial charge on any atom is 0.119 e. The van der Waals surface area contributed by atoms with Gasteiger partial charge in [-0.15, -0.1) is 11.6 Å². The van der Waals surface area contributed by atoms with Crippen molar-refractivity contribution >= 4 is 11.6 Å². The summed E-state index contributed by atoms with van der Waals surface area (Å²) in [5.41, 5.74) is 1.58. The van der Waals surface area contributed by atoms with Gasteiger partial charge in [-0.1, -0.05) is 12.1 Å². The highest BCUT2D eigenvalue weighted by Gasteiger charge is 2.43. The van der Waals surface area contributed by atoms with E-state index in [-0.39, 0.29) is 5.41 Å². The third kappa shape index (κ3) is 1.53. The molecule has 1 nitrogen and oxygen atoms in total. The summed E-state index contributed by atoms with van der Waals surface area (Å²) in [5.74, 6) is 1.65. The van der Waals surface area contributed by atoms with Gasteiger partial charge >= 0.3 is 0 Å². The lowest BCUT2D eigenvalue weighted by atomic mass is 9.98. The SMILES string of the molecule is COc1cccc(C2(CCl)CC2)c1. The molecule has 0 spiro atoms. The number of benzene rings is 1. The second-order valence-corrected chi connectivity index (χ2v) is 3.91. The number of ether oxygens (including phenoxy) is 1. The Labute approximate surface area is 83.7 Å². The molecular weight excluding hydrogens is 184 g/mol. The molecule has 1 aliphatic rings. The Morgan fingerprint density at radius 3 is 2.77 bits per heavy atom. The molecule has 0 N–H and O–H groups in total. The zero-order chi connectivity index (χ0) is 9.31. The lowest BCUT2D eigenvalue weighted by Crippen LogP contribution is -2.07. The predicted molar refractivity (Wildman–Crippen MR) is 54.6 cm³/mol. The predicted octanol–water partition coefficient (Wildman–Crippen LogP) is 2.97. The summed E-state index contributed by atoms with van der Waals surface area (Å²) in [6.07, 6.45) is 2.42. The third-order valence-corrected chi connectivity index (χ3v) is 3.30. The maximum atomic E-state index is 5.94. The fourth-order valence-electron chi connectivity index (χ4n) is 1.60. The van der Waals surface area contributed by atoms with Crippen molar-refractivity contribution in [3.8, 4) is 5.75 Å². The third-order valence-electron chi connectivity index (χ3n) is 2.79. The zero-order valence-electron chi connectivity index (χ0n) is 7.72. The molecule has 1 fully saturated rings. The van der Waals surface area contributed by atoms with E-state index in [0.29, 0.717) is 0 Å². The van der Waals surface area contributed by atoms with Crippen molar-refractivity contribution in [2.24, 2.45) is 0 Å². The Morgan fingerprint density at radius 2 is 2.23 bits per heavy atom. The fourth-order valence-corrected chi connectivity index (χ4v) is 2.02. The van der Waals surface area contributed by atoms with Crippen molar-refractivity contribution < 1.29 is 4.74 Å². The summed E-state index contributed by atoms with van der Waals surface area (Å²) in [4.78, 5) is 0. The molecule has 70 valence electrons. The molecule has 1 aliphatic carbocycles. The highest BCUT2D eigenvalue weighted by atomic mass is 35.5. The first-order chi connectivity index (χ1) is 6.30. The number of hydrogen-bond acceptors (Lipinski definition) is 1. The molecule has 0 unspecified atom stereocenters. The van der Waals surface area contributed by atoms with Crippen LogP contribution in [0.2, 0.25) is 0 Å². The van der Waals surface area contributed by atoms with Crippen molar-refractivity contribution in [2.75, 3.05) is 13.0 Å². The van der Waals surface area contributed by atoms with Crippen molar-refractivity contribution in [1.29, 1.82) is 0 Å². The zero-order valence-corrected chi connectivity index (χ0v) is 8.47. The Morgan fingerprint density at radius 1 is 1.46 bits per heavy atom. The van der Waals surface area contributed by atoms with Crippen LogP contribution in [0.4, 0.5) is 0 Å². The molecule has 2 heteroatoms. The van der Waals surface area contributed by atoms with E-state index >= 15 is 0 Å². The molecule has 1 aromatic carbocycles. The van der Waals surface area contributed by atoms with E-state index < -0.39 is 0 Å². The monoisotopic (exact) mass is 196 g/mol. The summed E-state index contributed by atoms with van der Waals surface area (Å²) in [6, 6.07) is 8.22. The minimum absolute atomic E-state index is 0.260. The van der Waals surface area contributed by atoms with Crippen LogP contribution in [0.5, 0.6) is 5.75 Å². The highest BCUT2D eigenvalue weighted by Crippen LogP contribution is 2.49. The van der Waals surface area contributed by atoms with Crippen molar-refractivity contribution in [1.82, 2.24) is 0 Å². The van der Waals surface area contributed by atoms with E-state index in [9.17, 15) is 0 Å². The topological polar surface area (TPSA) is 9.23 Å². The van der Waals surface area contributed by atoms with E-state index in [1.807, 2.05) is 12.1 Å². The standard InChI is InChI=1S/C11H13ClO/c1-13-10-4-2-3-9(7-10)11(8-12)5-6-11/h2-4,7H,5-6,8H2,1H3. The molecule has 0 radical (unpaired) electrons. The normalized spacial score (nSPS) is 18.3. The minimum atomic E-state index is 0.260. The fraction of sp³-hybridized carbons (Fsp3) is 0.455. The minimum Gasteiger partial charge on any atom is -0.497 e. The number of alkyl halides is 1. The average molecular weight is 197 g/mol. The first-order valence-electron chi connectivity index (χ1n) is 4.51. The van der Waals surface area contributed by atoms with Crippen LogP contribution in [0.25, 0.3) is 0 Å². The van der Waals surface area contributed by atoms with Gasteiger partial charge in [0.25, 0.3) is 0 Å². The second-order valence-electron chi connectivity index (χ2n) is 3.65. The molecule has 0 atom stereocenters.